The van der Waals surface area contributed by atoms with Crippen LogP contribution in [-0.2, 0) is 14.8 Å². The average molecular weight is 286 g/mol. The average Bonchev–Trinajstić information content (AvgIpc) is 2.37. The second kappa shape index (κ2) is 6.36. The van der Waals surface area contributed by atoms with Crippen LogP contribution in [0, 0.1) is 0 Å². The number of hydrogen-bond acceptors (Lipinski definition) is 4. The number of rotatable bonds is 7. The van der Waals surface area contributed by atoms with E-state index < -0.39 is 10.0 Å². The maximum Gasteiger partial charge on any atom is 0.242 e. The molecule has 0 aliphatic heterocycles. The minimum atomic E-state index is -3.47. The normalized spacial score (nSPS) is 12.4. The zero-order valence-electron chi connectivity index (χ0n) is 11.9. The van der Waals surface area contributed by atoms with Gasteiger partial charge >= 0.3 is 0 Å². The van der Waals surface area contributed by atoms with Gasteiger partial charge in [0.2, 0.25) is 10.0 Å². The van der Waals surface area contributed by atoms with Crippen molar-refractivity contribution in [3.63, 3.8) is 0 Å². The van der Waals surface area contributed by atoms with Gasteiger partial charge < -0.3 is 10.1 Å². The van der Waals surface area contributed by atoms with Crippen LogP contribution in [0.5, 0.6) is 0 Å². The van der Waals surface area contributed by atoms with Crippen LogP contribution in [0.3, 0.4) is 0 Å². The Hall–Kier alpha value is -1.11. The number of benzene rings is 1. The molecule has 0 fully saturated rings. The quantitative estimate of drug-likeness (QED) is 0.802. The Morgan fingerprint density at radius 3 is 2.47 bits per heavy atom. The molecule has 19 heavy (non-hydrogen) atoms. The Morgan fingerprint density at radius 1 is 1.26 bits per heavy atom. The molecule has 0 aromatic heterocycles. The van der Waals surface area contributed by atoms with Crippen LogP contribution in [0.4, 0.5) is 5.69 Å². The molecule has 1 aromatic rings. The third kappa shape index (κ3) is 4.49. The van der Waals surface area contributed by atoms with Crippen molar-refractivity contribution in [2.24, 2.45) is 0 Å². The van der Waals surface area contributed by atoms with Gasteiger partial charge in [-0.2, -0.15) is 0 Å². The van der Waals surface area contributed by atoms with Crippen LogP contribution < -0.4 is 10.0 Å². The first-order chi connectivity index (χ1) is 8.82. The van der Waals surface area contributed by atoms with Gasteiger partial charge in [-0.25, -0.2) is 13.1 Å². The van der Waals surface area contributed by atoms with Crippen LogP contribution in [0.25, 0.3) is 0 Å². The number of para-hydroxylation sites is 1. The molecule has 1 aromatic carbocycles. The maximum atomic E-state index is 12.1. The van der Waals surface area contributed by atoms with E-state index in [-0.39, 0.29) is 10.5 Å². The topological polar surface area (TPSA) is 67.4 Å². The van der Waals surface area contributed by atoms with E-state index in [9.17, 15) is 8.42 Å². The van der Waals surface area contributed by atoms with Gasteiger partial charge in [-0.1, -0.05) is 19.1 Å². The molecule has 2 N–H and O–H groups in total. The largest absolute Gasteiger partial charge is 0.381 e. The molecule has 6 heteroatoms. The van der Waals surface area contributed by atoms with Gasteiger partial charge in [-0.05, 0) is 26.0 Å². The van der Waals surface area contributed by atoms with Crippen LogP contribution in [0.2, 0.25) is 0 Å². The number of anilines is 1. The fourth-order valence-electron chi connectivity index (χ4n) is 1.50. The molecule has 0 heterocycles. The highest BCUT2D eigenvalue weighted by Gasteiger charge is 2.20. The van der Waals surface area contributed by atoms with Crippen molar-refractivity contribution in [1.29, 1.82) is 0 Å². The summed E-state index contributed by atoms with van der Waals surface area (Å²) in [6, 6.07) is 6.83. The number of sulfonamides is 1. The van der Waals surface area contributed by atoms with Crippen molar-refractivity contribution in [2.45, 2.75) is 31.3 Å². The lowest BCUT2D eigenvalue weighted by molar-refractivity contribution is 0.0343. The summed E-state index contributed by atoms with van der Waals surface area (Å²) in [4.78, 5) is 0.253. The minimum absolute atomic E-state index is 0.253. The van der Waals surface area contributed by atoms with Gasteiger partial charge in [0.05, 0.1) is 11.3 Å². The summed E-state index contributed by atoms with van der Waals surface area (Å²) in [5.41, 5.74) is 0.211. The Bertz CT molecular complexity index is 512. The summed E-state index contributed by atoms with van der Waals surface area (Å²) in [7, 11) is -1.84. The van der Waals surface area contributed by atoms with Crippen molar-refractivity contribution in [3.8, 4) is 0 Å². The van der Waals surface area contributed by atoms with Gasteiger partial charge in [0.25, 0.3) is 0 Å². The molecular formula is C13H22N2O3S. The molecule has 0 radical (unpaired) electrons. The lowest BCUT2D eigenvalue weighted by Crippen LogP contribution is -2.33. The van der Waals surface area contributed by atoms with Crippen LogP contribution in [0.15, 0.2) is 29.2 Å². The van der Waals surface area contributed by atoms with Gasteiger partial charge in [-0.3, -0.25) is 0 Å². The van der Waals surface area contributed by atoms with Gasteiger partial charge in [0.15, 0.2) is 0 Å². The first-order valence-electron chi connectivity index (χ1n) is 6.20. The second-order valence-electron chi connectivity index (χ2n) is 4.81. The van der Waals surface area contributed by atoms with E-state index in [1.54, 1.807) is 38.3 Å². The van der Waals surface area contributed by atoms with E-state index in [1.807, 2.05) is 13.8 Å². The lowest BCUT2D eigenvalue weighted by atomic mass is 10.1. The van der Waals surface area contributed by atoms with Crippen molar-refractivity contribution < 1.29 is 13.2 Å². The number of methoxy groups -OCH3 is 1. The summed E-state index contributed by atoms with van der Waals surface area (Å²) < 4.78 is 31.9. The van der Waals surface area contributed by atoms with Gasteiger partial charge in [0, 0.05) is 20.2 Å². The van der Waals surface area contributed by atoms with E-state index in [0.717, 1.165) is 0 Å². The van der Waals surface area contributed by atoms with E-state index in [2.05, 4.69) is 10.0 Å². The van der Waals surface area contributed by atoms with E-state index in [4.69, 9.17) is 4.74 Å². The van der Waals surface area contributed by atoms with E-state index in [0.29, 0.717) is 18.8 Å². The number of ether oxygens (including phenoxy) is 1. The van der Waals surface area contributed by atoms with Crippen molar-refractivity contribution in [3.05, 3.63) is 24.3 Å². The molecule has 1 rings (SSSR count). The highest BCUT2D eigenvalue weighted by molar-refractivity contribution is 7.89. The Morgan fingerprint density at radius 2 is 1.89 bits per heavy atom. The SMILES string of the molecule is CCNS(=O)(=O)c1ccccc1NCC(C)(C)OC. The summed E-state index contributed by atoms with van der Waals surface area (Å²) in [5.74, 6) is 0. The predicted octanol–water partition coefficient (Wildman–Crippen LogP) is 1.82. The highest BCUT2D eigenvalue weighted by atomic mass is 32.2. The molecule has 0 saturated heterocycles. The Labute approximate surface area is 115 Å². The van der Waals surface area contributed by atoms with Gasteiger partial charge in [-0.15, -0.1) is 0 Å². The second-order valence-corrected chi connectivity index (χ2v) is 6.55. The van der Waals surface area contributed by atoms with Gasteiger partial charge in [0.1, 0.15) is 4.90 Å². The zero-order chi connectivity index (χ0) is 14.5. The van der Waals surface area contributed by atoms with Crippen LogP contribution in [0.1, 0.15) is 20.8 Å². The highest BCUT2D eigenvalue weighted by Crippen LogP contribution is 2.21. The first-order valence-corrected chi connectivity index (χ1v) is 7.68. The Kier molecular flexibility index (Phi) is 5.34. The van der Waals surface area contributed by atoms with Crippen LogP contribution in [-0.4, -0.2) is 34.2 Å². The van der Waals surface area contributed by atoms with E-state index >= 15 is 0 Å². The molecule has 0 amide bonds. The number of nitrogens with one attached hydrogen (secondary N) is 2. The summed E-state index contributed by atoms with van der Waals surface area (Å²) >= 11 is 0. The summed E-state index contributed by atoms with van der Waals surface area (Å²) in [6.07, 6.45) is 0. The van der Waals surface area contributed by atoms with E-state index in [1.165, 1.54) is 0 Å². The van der Waals surface area contributed by atoms with Crippen LogP contribution >= 0.6 is 0 Å². The molecule has 0 aliphatic carbocycles. The molecule has 0 aliphatic rings. The van der Waals surface area contributed by atoms with Crippen molar-refractivity contribution in [2.75, 3.05) is 25.5 Å². The molecule has 0 saturated carbocycles. The standard InChI is InChI=1S/C13H22N2O3S/c1-5-15-19(16,17)12-9-7-6-8-11(12)14-10-13(2,3)18-4/h6-9,14-15H,5,10H2,1-4H3. The minimum Gasteiger partial charge on any atom is -0.381 e. The van der Waals surface area contributed by atoms with Crippen molar-refractivity contribution >= 4 is 15.7 Å². The number of hydrogen-bond donors (Lipinski definition) is 2. The monoisotopic (exact) mass is 286 g/mol. The fraction of sp³-hybridized carbons (Fsp3) is 0.538. The Balaban J connectivity index is 2.97. The molecule has 0 bridgehead atoms. The third-order valence-corrected chi connectivity index (χ3v) is 4.37. The fourth-order valence-corrected chi connectivity index (χ4v) is 2.72. The molecule has 108 valence electrons. The summed E-state index contributed by atoms with van der Waals surface area (Å²) in [5, 5.41) is 3.12. The summed E-state index contributed by atoms with van der Waals surface area (Å²) in [6.45, 7) is 6.49. The van der Waals surface area contributed by atoms with Crippen molar-refractivity contribution in [1.82, 2.24) is 4.72 Å². The zero-order valence-corrected chi connectivity index (χ0v) is 12.7. The molecule has 0 atom stereocenters. The molecular weight excluding hydrogens is 264 g/mol. The first kappa shape index (κ1) is 15.9. The molecule has 0 unspecified atom stereocenters. The smallest absolute Gasteiger partial charge is 0.242 e. The molecule has 0 spiro atoms. The lowest BCUT2D eigenvalue weighted by Gasteiger charge is -2.24. The third-order valence-electron chi connectivity index (χ3n) is 2.77. The predicted molar refractivity (Wildman–Crippen MR) is 76.9 cm³/mol. The maximum absolute atomic E-state index is 12.1. The molecule has 5 nitrogen and oxygen atoms in total.